The number of thioether (sulfide) groups is 1. The number of anilines is 1. The quantitative estimate of drug-likeness (QED) is 0.549. The molecule has 1 aromatic carbocycles. The Balaban J connectivity index is 1.32. The van der Waals surface area contributed by atoms with Gasteiger partial charge in [-0.05, 0) is 68.9 Å². The summed E-state index contributed by atoms with van der Waals surface area (Å²) in [5.74, 6) is 2.07. The van der Waals surface area contributed by atoms with E-state index in [0.29, 0.717) is 6.54 Å². The van der Waals surface area contributed by atoms with Crippen LogP contribution in [-0.4, -0.2) is 44.5 Å². The van der Waals surface area contributed by atoms with Crippen LogP contribution in [0.1, 0.15) is 41.8 Å². The molecule has 0 saturated carbocycles. The van der Waals surface area contributed by atoms with Gasteiger partial charge in [0, 0.05) is 25.8 Å². The molecule has 0 bridgehead atoms. The monoisotopic (exact) mass is 450 g/mol. The molecule has 8 heteroatoms. The highest BCUT2D eigenvalue weighted by atomic mass is 32.2. The molecule has 1 amide bonds. The number of carbonyl (C=O) groups is 1. The number of aryl methyl sites for hydroxylation is 3. The Morgan fingerprint density at radius 3 is 2.62 bits per heavy atom. The van der Waals surface area contributed by atoms with E-state index in [1.807, 2.05) is 23.8 Å². The summed E-state index contributed by atoms with van der Waals surface area (Å²) >= 11 is 1.40. The minimum absolute atomic E-state index is 0.0386. The second-order valence-corrected chi connectivity index (χ2v) is 9.24. The van der Waals surface area contributed by atoms with Crippen LogP contribution in [0.3, 0.4) is 0 Å². The molecule has 0 radical (unpaired) electrons. The summed E-state index contributed by atoms with van der Waals surface area (Å²) in [6.45, 7) is 8.69. The van der Waals surface area contributed by atoms with E-state index in [4.69, 9.17) is 0 Å². The van der Waals surface area contributed by atoms with E-state index < -0.39 is 0 Å². The Kier molecular flexibility index (Phi) is 7.09. The second-order valence-electron chi connectivity index (χ2n) is 8.29. The van der Waals surface area contributed by atoms with Gasteiger partial charge in [-0.15, -0.1) is 10.2 Å². The molecular formula is C24H30N6OS. The predicted molar refractivity (Wildman–Crippen MR) is 128 cm³/mol. The normalized spacial score (nSPS) is 13.9. The number of nitrogens with one attached hydrogen (secondary N) is 1. The molecule has 1 aliphatic rings. The third-order valence-corrected chi connectivity index (χ3v) is 6.64. The van der Waals surface area contributed by atoms with Crippen molar-refractivity contribution in [3.05, 3.63) is 59.0 Å². The molecule has 0 spiro atoms. The number of carbonyl (C=O) groups excluding carboxylic acids is 1. The molecule has 1 N–H and O–H groups in total. The summed E-state index contributed by atoms with van der Waals surface area (Å²) in [5.41, 5.74) is 4.37. The largest absolute Gasteiger partial charge is 0.357 e. The SMILES string of the molecule is Cc1ccc(C)c(-n2c(C)nnc2SCC(=O)NCc2ccc(N3CCCCC3)nc2)c1. The number of benzene rings is 1. The van der Waals surface area contributed by atoms with Crippen LogP contribution in [0.15, 0.2) is 41.7 Å². The average molecular weight is 451 g/mol. The van der Waals surface area contributed by atoms with E-state index in [1.165, 1.54) is 36.6 Å². The van der Waals surface area contributed by atoms with Gasteiger partial charge in [-0.1, -0.05) is 30.0 Å². The minimum atomic E-state index is -0.0386. The Morgan fingerprint density at radius 1 is 1.06 bits per heavy atom. The van der Waals surface area contributed by atoms with Crippen molar-refractivity contribution in [2.45, 2.75) is 51.7 Å². The van der Waals surface area contributed by atoms with E-state index in [0.717, 1.165) is 46.7 Å². The molecule has 0 unspecified atom stereocenters. The van der Waals surface area contributed by atoms with Crippen molar-refractivity contribution in [2.24, 2.45) is 0 Å². The van der Waals surface area contributed by atoms with Gasteiger partial charge in [0.25, 0.3) is 0 Å². The fourth-order valence-corrected chi connectivity index (χ4v) is 4.71. The average Bonchev–Trinajstić information content (AvgIpc) is 3.19. The summed E-state index contributed by atoms with van der Waals surface area (Å²) in [6.07, 6.45) is 5.62. The van der Waals surface area contributed by atoms with Crippen molar-refractivity contribution in [3.8, 4) is 5.69 Å². The maximum absolute atomic E-state index is 12.5. The Hall–Kier alpha value is -2.87. The van der Waals surface area contributed by atoms with Gasteiger partial charge >= 0.3 is 0 Å². The van der Waals surface area contributed by atoms with Crippen LogP contribution < -0.4 is 10.2 Å². The summed E-state index contributed by atoms with van der Waals surface area (Å²) < 4.78 is 2.02. The summed E-state index contributed by atoms with van der Waals surface area (Å²) in [5, 5.41) is 12.2. The lowest BCUT2D eigenvalue weighted by Crippen LogP contribution is -2.30. The van der Waals surface area contributed by atoms with Crippen LogP contribution in [0.4, 0.5) is 5.82 Å². The number of piperidine rings is 1. The first kappa shape index (κ1) is 22.3. The van der Waals surface area contributed by atoms with Crippen LogP contribution in [0.25, 0.3) is 5.69 Å². The molecule has 1 aliphatic heterocycles. The molecule has 3 aromatic rings. The number of amides is 1. The molecule has 32 heavy (non-hydrogen) atoms. The van der Waals surface area contributed by atoms with Gasteiger partial charge in [-0.25, -0.2) is 4.98 Å². The fourth-order valence-electron chi connectivity index (χ4n) is 3.89. The Morgan fingerprint density at radius 2 is 1.88 bits per heavy atom. The molecule has 168 valence electrons. The highest BCUT2D eigenvalue weighted by molar-refractivity contribution is 7.99. The van der Waals surface area contributed by atoms with E-state index >= 15 is 0 Å². The second kappa shape index (κ2) is 10.2. The van der Waals surface area contributed by atoms with Gasteiger partial charge in [0.2, 0.25) is 5.91 Å². The number of pyridine rings is 1. The maximum Gasteiger partial charge on any atom is 0.230 e. The van der Waals surface area contributed by atoms with Crippen molar-refractivity contribution in [2.75, 3.05) is 23.7 Å². The zero-order chi connectivity index (χ0) is 22.5. The lowest BCUT2D eigenvalue weighted by atomic mass is 10.1. The molecule has 3 heterocycles. The highest BCUT2D eigenvalue weighted by Gasteiger charge is 2.15. The highest BCUT2D eigenvalue weighted by Crippen LogP contribution is 2.25. The fraction of sp³-hybridized carbons (Fsp3) is 0.417. The van der Waals surface area contributed by atoms with Gasteiger partial charge in [-0.2, -0.15) is 0 Å². The molecule has 1 saturated heterocycles. The number of rotatable bonds is 7. The van der Waals surface area contributed by atoms with Crippen LogP contribution in [0.5, 0.6) is 0 Å². The molecule has 0 atom stereocenters. The smallest absolute Gasteiger partial charge is 0.230 e. The maximum atomic E-state index is 12.5. The van der Waals surface area contributed by atoms with Gasteiger partial charge in [-0.3, -0.25) is 9.36 Å². The van der Waals surface area contributed by atoms with Crippen molar-refractivity contribution < 1.29 is 4.79 Å². The van der Waals surface area contributed by atoms with Gasteiger partial charge in [0.1, 0.15) is 11.6 Å². The zero-order valence-corrected chi connectivity index (χ0v) is 19.8. The van der Waals surface area contributed by atoms with Crippen molar-refractivity contribution in [1.29, 1.82) is 0 Å². The van der Waals surface area contributed by atoms with E-state index in [2.05, 4.69) is 63.5 Å². The number of hydrogen-bond donors (Lipinski definition) is 1. The first-order valence-electron chi connectivity index (χ1n) is 11.1. The lowest BCUT2D eigenvalue weighted by molar-refractivity contribution is -0.118. The van der Waals surface area contributed by atoms with Crippen LogP contribution in [-0.2, 0) is 11.3 Å². The Bertz CT molecular complexity index is 1070. The van der Waals surface area contributed by atoms with Crippen molar-refractivity contribution in [3.63, 3.8) is 0 Å². The summed E-state index contributed by atoms with van der Waals surface area (Å²) in [7, 11) is 0. The van der Waals surface area contributed by atoms with Gasteiger partial charge in [0.05, 0.1) is 11.4 Å². The van der Waals surface area contributed by atoms with Crippen LogP contribution in [0, 0.1) is 20.8 Å². The number of aromatic nitrogens is 4. The molecule has 7 nitrogen and oxygen atoms in total. The van der Waals surface area contributed by atoms with Gasteiger partial charge < -0.3 is 10.2 Å². The van der Waals surface area contributed by atoms with E-state index in [1.54, 1.807) is 0 Å². The van der Waals surface area contributed by atoms with E-state index in [-0.39, 0.29) is 11.7 Å². The molecular weight excluding hydrogens is 420 g/mol. The van der Waals surface area contributed by atoms with Crippen molar-refractivity contribution >= 4 is 23.5 Å². The number of hydrogen-bond acceptors (Lipinski definition) is 6. The standard InChI is InChI=1S/C24H30N6OS/c1-17-7-8-18(2)21(13-17)30-19(3)27-28-24(30)32-16-23(31)26-15-20-9-10-22(25-14-20)29-11-5-4-6-12-29/h7-10,13-14H,4-6,11-12,15-16H2,1-3H3,(H,26,31). The topological polar surface area (TPSA) is 75.9 Å². The summed E-state index contributed by atoms with van der Waals surface area (Å²) in [6, 6.07) is 10.4. The predicted octanol–water partition coefficient (Wildman–Crippen LogP) is 3.99. The first-order valence-corrected chi connectivity index (χ1v) is 12.1. The molecule has 1 fully saturated rings. The molecule has 4 rings (SSSR count). The third kappa shape index (κ3) is 5.30. The lowest BCUT2D eigenvalue weighted by Gasteiger charge is -2.27. The summed E-state index contributed by atoms with van der Waals surface area (Å²) in [4.78, 5) is 19.4. The Labute approximate surface area is 193 Å². The number of nitrogens with zero attached hydrogens (tertiary/aromatic N) is 5. The van der Waals surface area contributed by atoms with Crippen LogP contribution >= 0.6 is 11.8 Å². The van der Waals surface area contributed by atoms with Crippen LogP contribution in [0.2, 0.25) is 0 Å². The molecule has 0 aliphatic carbocycles. The van der Waals surface area contributed by atoms with Gasteiger partial charge in [0.15, 0.2) is 5.16 Å². The third-order valence-electron chi connectivity index (χ3n) is 5.71. The zero-order valence-electron chi connectivity index (χ0n) is 19.0. The van der Waals surface area contributed by atoms with E-state index in [9.17, 15) is 4.79 Å². The minimum Gasteiger partial charge on any atom is -0.357 e. The first-order chi connectivity index (χ1) is 15.5. The van der Waals surface area contributed by atoms with Crippen molar-refractivity contribution in [1.82, 2.24) is 25.1 Å². The molecule has 2 aromatic heterocycles.